The van der Waals surface area contributed by atoms with Crippen LogP contribution in [0.3, 0.4) is 0 Å². The fourth-order valence-electron chi connectivity index (χ4n) is 3.79. The first kappa shape index (κ1) is 23.0. The molecule has 7 nitrogen and oxygen atoms in total. The minimum absolute atomic E-state index is 0.0990. The van der Waals surface area contributed by atoms with Crippen molar-refractivity contribution in [2.75, 3.05) is 38.2 Å². The van der Waals surface area contributed by atoms with Gasteiger partial charge in [-0.25, -0.2) is 0 Å². The lowest BCUT2D eigenvalue weighted by atomic mass is 10.1. The Kier molecular flexibility index (Phi) is 7.44. The summed E-state index contributed by atoms with van der Waals surface area (Å²) in [6, 6.07) is 18.2. The summed E-state index contributed by atoms with van der Waals surface area (Å²) in [4.78, 5) is 29.5. The summed E-state index contributed by atoms with van der Waals surface area (Å²) >= 11 is 5.99. The molecule has 1 fully saturated rings. The van der Waals surface area contributed by atoms with Gasteiger partial charge >= 0.3 is 0 Å². The molecule has 0 aliphatic carbocycles. The third-order valence-electron chi connectivity index (χ3n) is 5.64. The molecule has 1 N–H and O–H groups in total. The predicted molar refractivity (Wildman–Crippen MR) is 126 cm³/mol. The fourth-order valence-corrected chi connectivity index (χ4v) is 3.92. The Morgan fingerprint density at radius 3 is 2.67 bits per heavy atom. The number of nitrogens with zero attached hydrogens (tertiary/aromatic N) is 2. The number of morpholine rings is 1. The zero-order valence-corrected chi connectivity index (χ0v) is 19.1. The van der Waals surface area contributed by atoms with E-state index in [2.05, 4.69) is 10.2 Å². The third kappa shape index (κ3) is 5.82. The van der Waals surface area contributed by atoms with Crippen molar-refractivity contribution in [2.24, 2.45) is 0 Å². The van der Waals surface area contributed by atoms with Crippen LogP contribution in [0.4, 0.5) is 5.69 Å². The lowest BCUT2D eigenvalue weighted by Gasteiger charge is -2.33. The summed E-state index contributed by atoms with van der Waals surface area (Å²) < 4.78 is 11.2. The molecule has 2 amide bonds. The number of ether oxygens (including phenoxy) is 1. The molecule has 0 radical (unpaired) electrons. The molecule has 172 valence electrons. The van der Waals surface area contributed by atoms with Gasteiger partial charge in [-0.1, -0.05) is 35.9 Å². The molecule has 0 spiro atoms. The van der Waals surface area contributed by atoms with Crippen molar-refractivity contribution < 1.29 is 18.7 Å². The number of benzene rings is 2. The van der Waals surface area contributed by atoms with E-state index in [9.17, 15) is 9.59 Å². The van der Waals surface area contributed by atoms with Crippen LogP contribution >= 0.6 is 11.6 Å². The number of rotatable bonds is 7. The number of carbonyl (C=O) groups excluding carboxylic acids is 2. The Hall–Kier alpha value is -3.13. The molecule has 4 rings (SSSR count). The van der Waals surface area contributed by atoms with Crippen LogP contribution in [0, 0.1) is 0 Å². The summed E-state index contributed by atoms with van der Waals surface area (Å²) in [5.41, 5.74) is 2.02. The van der Waals surface area contributed by atoms with Gasteiger partial charge in [0.2, 0.25) is 5.91 Å². The Morgan fingerprint density at radius 2 is 1.91 bits per heavy atom. The molecule has 1 aliphatic heterocycles. The predicted octanol–water partition coefficient (Wildman–Crippen LogP) is 3.90. The number of nitrogens with one attached hydrogen (secondary N) is 1. The highest BCUT2D eigenvalue weighted by atomic mass is 35.5. The monoisotopic (exact) mass is 467 g/mol. The number of likely N-dealkylation sites (N-methyl/N-ethyl adjacent to an activating group) is 1. The van der Waals surface area contributed by atoms with Crippen molar-refractivity contribution in [3.63, 3.8) is 0 Å². The van der Waals surface area contributed by atoms with E-state index in [1.807, 2.05) is 30.3 Å². The minimum Gasteiger partial charge on any atom is -0.467 e. The van der Waals surface area contributed by atoms with Crippen molar-refractivity contribution in [3.8, 4) is 0 Å². The van der Waals surface area contributed by atoms with E-state index in [0.29, 0.717) is 41.7 Å². The number of anilines is 1. The molecule has 0 bridgehead atoms. The Morgan fingerprint density at radius 1 is 1.12 bits per heavy atom. The largest absolute Gasteiger partial charge is 0.467 e. The van der Waals surface area contributed by atoms with Gasteiger partial charge in [-0.3, -0.25) is 14.5 Å². The smallest absolute Gasteiger partial charge is 0.253 e. The highest BCUT2D eigenvalue weighted by Gasteiger charge is 2.26. The molecule has 1 saturated heterocycles. The van der Waals surface area contributed by atoms with Crippen LogP contribution in [-0.2, 0) is 16.1 Å². The number of hydrogen-bond acceptors (Lipinski definition) is 5. The molecule has 1 aliphatic rings. The minimum atomic E-state index is -0.268. The van der Waals surface area contributed by atoms with Crippen LogP contribution in [0.1, 0.15) is 27.8 Å². The van der Waals surface area contributed by atoms with E-state index in [-0.39, 0.29) is 31.0 Å². The maximum absolute atomic E-state index is 13.1. The lowest BCUT2D eigenvalue weighted by Crippen LogP contribution is -2.45. The summed E-state index contributed by atoms with van der Waals surface area (Å²) in [5.74, 6) is 0.293. The second kappa shape index (κ2) is 10.7. The van der Waals surface area contributed by atoms with Crippen LogP contribution in [0.5, 0.6) is 0 Å². The number of para-hydroxylation sites is 1. The van der Waals surface area contributed by atoms with E-state index >= 15 is 0 Å². The molecule has 2 aromatic carbocycles. The van der Waals surface area contributed by atoms with Gasteiger partial charge in [-0.15, -0.1) is 0 Å². The van der Waals surface area contributed by atoms with Crippen molar-refractivity contribution in [3.05, 3.63) is 88.8 Å². The van der Waals surface area contributed by atoms with E-state index in [1.165, 1.54) is 4.90 Å². The molecule has 33 heavy (non-hydrogen) atoms. The van der Waals surface area contributed by atoms with Crippen LogP contribution in [0.15, 0.2) is 71.3 Å². The molecule has 1 aromatic heterocycles. The highest BCUT2D eigenvalue weighted by molar-refractivity contribution is 6.30. The summed E-state index contributed by atoms with van der Waals surface area (Å²) in [6.07, 6.45) is 1.44. The summed E-state index contributed by atoms with van der Waals surface area (Å²) in [5, 5.41) is 3.51. The van der Waals surface area contributed by atoms with Gasteiger partial charge in [0, 0.05) is 25.2 Å². The van der Waals surface area contributed by atoms with Gasteiger partial charge in [0.1, 0.15) is 5.76 Å². The number of halogens is 1. The Balaban J connectivity index is 1.39. The summed E-state index contributed by atoms with van der Waals surface area (Å²) in [7, 11) is 1.69. The zero-order chi connectivity index (χ0) is 23.2. The first-order valence-electron chi connectivity index (χ1n) is 10.8. The maximum Gasteiger partial charge on any atom is 0.253 e. The first-order chi connectivity index (χ1) is 16.0. The number of hydrogen-bond donors (Lipinski definition) is 1. The number of carbonyl (C=O) groups is 2. The molecule has 0 saturated carbocycles. The van der Waals surface area contributed by atoms with Crippen LogP contribution in [0.2, 0.25) is 5.02 Å². The second-order valence-electron chi connectivity index (χ2n) is 7.88. The SMILES string of the molecule is CN(C(=O)CN1CCOC(c2ccc(Cl)cc2)C1)c1ccccc1C(=O)NCc1ccco1. The standard InChI is InChI=1S/C25H26ClN3O4/c1-28(22-7-3-2-6-21(22)25(31)27-15-20-5-4-13-32-20)24(30)17-29-12-14-33-23(16-29)18-8-10-19(26)11-9-18/h2-11,13,23H,12,14-17H2,1H3,(H,27,31). The molecule has 1 unspecified atom stereocenters. The molecule has 3 aromatic rings. The average molecular weight is 468 g/mol. The van der Waals surface area contributed by atoms with Crippen molar-refractivity contribution in [2.45, 2.75) is 12.6 Å². The molecule has 1 atom stereocenters. The van der Waals surface area contributed by atoms with E-state index in [0.717, 1.165) is 5.56 Å². The number of furan rings is 1. The first-order valence-corrected chi connectivity index (χ1v) is 11.1. The Labute approximate surface area is 197 Å². The second-order valence-corrected chi connectivity index (χ2v) is 8.31. The summed E-state index contributed by atoms with van der Waals surface area (Å²) in [6.45, 7) is 2.31. The van der Waals surface area contributed by atoms with Crippen molar-refractivity contribution >= 4 is 29.1 Å². The van der Waals surface area contributed by atoms with Crippen LogP contribution < -0.4 is 10.2 Å². The van der Waals surface area contributed by atoms with Gasteiger partial charge in [0.25, 0.3) is 5.91 Å². The topological polar surface area (TPSA) is 75.0 Å². The zero-order valence-electron chi connectivity index (χ0n) is 18.4. The highest BCUT2D eigenvalue weighted by Crippen LogP contribution is 2.24. The van der Waals surface area contributed by atoms with Crippen LogP contribution in [0.25, 0.3) is 0 Å². The van der Waals surface area contributed by atoms with E-state index in [1.54, 1.807) is 43.6 Å². The Bertz CT molecular complexity index is 1090. The fraction of sp³-hybridized carbons (Fsp3) is 0.280. The van der Waals surface area contributed by atoms with Crippen LogP contribution in [-0.4, -0.2) is 50.0 Å². The van der Waals surface area contributed by atoms with Crippen molar-refractivity contribution in [1.82, 2.24) is 10.2 Å². The van der Waals surface area contributed by atoms with Gasteiger partial charge in [0.15, 0.2) is 0 Å². The lowest BCUT2D eigenvalue weighted by molar-refractivity contribution is -0.121. The molecule has 8 heteroatoms. The number of amides is 2. The normalized spacial score (nSPS) is 16.4. The average Bonchev–Trinajstić information content (AvgIpc) is 3.36. The van der Waals surface area contributed by atoms with E-state index < -0.39 is 0 Å². The van der Waals surface area contributed by atoms with E-state index in [4.69, 9.17) is 20.8 Å². The van der Waals surface area contributed by atoms with Gasteiger partial charge in [-0.2, -0.15) is 0 Å². The van der Waals surface area contributed by atoms with Gasteiger partial charge in [-0.05, 0) is 42.0 Å². The third-order valence-corrected chi connectivity index (χ3v) is 5.89. The molecular weight excluding hydrogens is 442 g/mol. The molecule has 2 heterocycles. The van der Waals surface area contributed by atoms with Gasteiger partial charge in [0.05, 0.1) is 43.3 Å². The van der Waals surface area contributed by atoms with Crippen molar-refractivity contribution in [1.29, 1.82) is 0 Å². The molecular formula is C25H26ClN3O4. The maximum atomic E-state index is 13.1. The quantitative estimate of drug-likeness (QED) is 0.570. The van der Waals surface area contributed by atoms with Gasteiger partial charge < -0.3 is 19.4 Å².